The van der Waals surface area contributed by atoms with Gasteiger partial charge < -0.3 is 5.11 Å². The lowest BCUT2D eigenvalue weighted by Crippen LogP contribution is -2.17. The van der Waals surface area contributed by atoms with Gasteiger partial charge in [0.1, 0.15) is 12.7 Å². The van der Waals surface area contributed by atoms with Crippen LogP contribution in [-0.2, 0) is 14.3 Å². The van der Waals surface area contributed by atoms with Crippen LogP contribution in [-0.4, -0.2) is 26.2 Å². The monoisotopic (exact) mass is 264 g/mol. The molecule has 0 spiro atoms. The van der Waals surface area contributed by atoms with E-state index < -0.39 is 22.8 Å². The SMILES string of the molecule is C#CC#C[C@@H](O)COS(=O)(=O)c1ccc(C)cc1. The number of aliphatic hydroxyl groups excluding tert-OH is 1. The number of rotatable bonds is 4. The minimum atomic E-state index is -3.88. The molecule has 0 bridgehead atoms. The van der Waals surface area contributed by atoms with Crippen molar-refractivity contribution >= 4 is 10.1 Å². The maximum atomic E-state index is 11.7. The highest BCUT2D eigenvalue weighted by Gasteiger charge is 2.16. The largest absolute Gasteiger partial charge is 0.378 e. The van der Waals surface area contributed by atoms with Crippen molar-refractivity contribution in [2.24, 2.45) is 0 Å². The van der Waals surface area contributed by atoms with Gasteiger partial charge >= 0.3 is 0 Å². The van der Waals surface area contributed by atoms with Crippen LogP contribution in [0.2, 0.25) is 0 Å². The number of benzene rings is 1. The third-order valence-electron chi connectivity index (χ3n) is 2.00. The Balaban J connectivity index is 2.72. The van der Waals surface area contributed by atoms with Gasteiger partial charge in [-0.3, -0.25) is 4.18 Å². The highest BCUT2D eigenvalue weighted by atomic mass is 32.2. The molecule has 0 saturated carbocycles. The molecule has 0 unspecified atom stereocenters. The van der Waals surface area contributed by atoms with Crippen LogP contribution in [0.15, 0.2) is 29.2 Å². The standard InChI is InChI=1S/C13H12O4S/c1-3-4-5-12(14)10-17-18(15,16)13-8-6-11(2)7-9-13/h1,6-9,12,14H,10H2,2H3/t12-/m1/s1. The first-order valence-electron chi connectivity index (χ1n) is 5.06. The van der Waals surface area contributed by atoms with E-state index in [1.54, 1.807) is 12.1 Å². The van der Waals surface area contributed by atoms with Gasteiger partial charge in [0.25, 0.3) is 10.1 Å². The molecule has 18 heavy (non-hydrogen) atoms. The lowest BCUT2D eigenvalue weighted by molar-refractivity contribution is 0.155. The third-order valence-corrected chi connectivity index (χ3v) is 3.30. The zero-order valence-electron chi connectivity index (χ0n) is 9.75. The van der Waals surface area contributed by atoms with Crippen LogP contribution in [0.5, 0.6) is 0 Å². The van der Waals surface area contributed by atoms with Gasteiger partial charge in [-0.2, -0.15) is 8.42 Å². The Bertz CT molecular complexity index is 597. The molecule has 1 atom stereocenters. The highest BCUT2D eigenvalue weighted by Crippen LogP contribution is 2.13. The Kier molecular flexibility index (Phi) is 4.94. The first-order chi connectivity index (χ1) is 8.45. The van der Waals surface area contributed by atoms with Crippen LogP contribution in [0.4, 0.5) is 0 Å². The molecule has 0 aromatic heterocycles. The summed E-state index contributed by atoms with van der Waals surface area (Å²) in [6.45, 7) is 1.39. The van der Waals surface area contributed by atoms with E-state index in [1.807, 2.05) is 12.8 Å². The summed E-state index contributed by atoms with van der Waals surface area (Å²) in [7, 11) is -3.88. The second-order valence-electron chi connectivity index (χ2n) is 3.48. The van der Waals surface area contributed by atoms with Gasteiger partial charge in [0.2, 0.25) is 0 Å². The summed E-state index contributed by atoms with van der Waals surface area (Å²) in [5.41, 5.74) is 0.939. The van der Waals surface area contributed by atoms with Crippen LogP contribution >= 0.6 is 0 Å². The molecule has 0 aliphatic rings. The Morgan fingerprint density at radius 1 is 1.39 bits per heavy atom. The van der Waals surface area contributed by atoms with Gasteiger partial charge in [-0.05, 0) is 30.9 Å². The van der Waals surface area contributed by atoms with Gasteiger partial charge in [-0.25, -0.2) is 0 Å². The zero-order chi connectivity index (χ0) is 13.6. The predicted octanol–water partition coefficient (Wildman–Crippen LogP) is 0.698. The minimum absolute atomic E-state index is 0.0326. The fourth-order valence-corrected chi connectivity index (χ4v) is 2.01. The molecule has 94 valence electrons. The number of aliphatic hydroxyl groups is 1. The molecule has 5 heteroatoms. The summed E-state index contributed by atoms with van der Waals surface area (Å²) in [6.07, 6.45) is 3.64. The smallest absolute Gasteiger partial charge is 0.297 e. The molecule has 1 aromatic rings. The molecule has 0 aliphatic carbocycles. The van der Waals surface area contributed by atoms with E-state index in [0.29, 0.717) is 0 Å². The first-order valence-corrected chi connectivity index (χ1v) is 6.47. The molecule has 0 radical (unpaired) electrons. The van der Waals surface area contributed by atoms with Crippen LogP contribution in [0.25, 0.3) is 0 Å². The fourth-order valence-electron chi connectivity index (χ4n) is 1.09. The van der Waals surface area contributed by atoms with Crippen molar-refractivity contribution in [1.82, 2.24) is 0 Å². The summed E-state index contributed by atoms with van der Waals surface area (Å²) in [6, 6.07) is 6.18. The lowest BCUT2D eigenvalue weighted by Gasteiger charge is -2.06. The van der Waals surface area contributed by atoms with Gasteiger partial charge in [0.15, 0.2) is 0 Å². The fraction of sp³-hybridized carbons (Fsp3) is 0.231. The zero-order valence-corrected chi connectivity index (χ0v) is 10.6. The van der Waals surface area contributed by atoms with Gasteiger partial charge in [0.05, 0.1) is 4.90 Å². The van der Waals surface area contributed by atoms with Crippen LogP contribution < -0.4 is 0 Å². The van der Waals surface area contributed by atoms with E-state index in [1.165, 1.54) is 12.1 Å². The summed E-state index contributed by atoms with van der Waals surface area (Å²) < 4.78 is 28.1. The predicted molar refractivity (Wildman–Crippen MR) is 66.9 cm³/mol. The average molecular weight is 264 g/mol. The first kappa shape index (κ1) is 14.3. The molecular formula is C13H12O4S. The van der Waals surface area contributed by atoms with E-state index in [-0.39, 0.29) is 4.90 Å². The van der Waals surface area contributed by atoms with Crippen LogP contribution in [0.1, 0.15) is 5.56 Å². The van der Waals surface area contributed by atoms with Crippen molar-refractivity contribution in [3.05, 3.63) is 29.8 Å². The summed E-state index contributed by atoms with van der Waals surface area (Å²) in [5, 5.41) is 9.28. The molecule has 0 amide bonds. The normalized spacial score (nSPS) is 12.1. The van der Waals surface area contributed by atoms with Gasteiger partial charge in [0, 0.05) is 0 Å². The average Bonchev–Trinajstić information content (AvgIpc) is 2.34. The molecular weight excluding hydrogens is 252 g/mol. The molecule has 0 saturated heterocycles. The van der Waals surface area contributed by atoms with Crippen molar-refractivity contribution in [3.63, 3.8) is 0 Å². The third kappa shape index (κ3) is 4.23. The molecule has 0 fully saturated rings. The molecule has 1 aromatic carbocycles. The molecule has 1 rings (SSSR count). The summed E-state index contributed by atoms with van der Waals surface area (Å²) in [5.74, 6) is 6.44. The maximum Gasteiger partial charge on any atom is 0.297 e. The van der Waals surface area contributed by atoms with Crippen molar-refractivity contribution in [1.29, 1.82) is 0 Å². The van der Waals surface area contributed by atoms with E-state index in [2.05, 4.69) is 16.0 Å². The van der Waals surface area contributed by atoms with Crippen molar-refractivity contribution in [2.75, 3.05) is 6.61 Å². The quantitative estimate of drug-likeness (QED) is 0.642. The van der Waals surface area contributed by atoms with E-state index in [4.69, 9.17) is 6.42 Å². The minimum Gasteiger partial charge on any atom is -0.378 e. The van der Waals surface area contributed by atoms with Crippen molar-refractivity contribution < 1.29 is 17.7 Å². The Labute approximate surface area is 107 Å². The maximum absolute atomic E-state index is 11.7. The van der Waals surface area contributed by atoms with E-state index >= 15 is 0 Å². The second-order valence-corrected chi connectivity index (χ2v) is 5.10. The molecule has 0 heterocycles. The Hall–Kier alpha value is -1.79. The highest BCUT2D eigenvalue weighted by molar-refractivity contribution is 7.86. The van der Waals surface area contributed by atoms with Gasteiger partial charge in [-0.15, -0.1) is 6.42 Å². The number of hydrogen-bond acceptors (Lipinski definition) is 4. The molecule has 0 aliphatic heterocycles. The second kappa shape index (κ2) is 6.23. The van der Waals surface area contributed by atoms with Crippen molar-refractivity contribution in [2.45, 2.75) is 17.9 Å². The Morgan fingerprint density at radius 2 is 2.00 bits per heavy atom. The van der Waals surface area contributed by atoms with Gasteiger partial charge in [-0.1, -0.05) is 23.6 Å². The lowest BCUT2D eigenvalue weighted by atomic mass is 10.2. The van der Waals surface area contributed by atoms with Crippen molar-refractivity contribution in [3.8, 4) is 24.2 Å². The summed E-state index contributed by atoms with van der Waals surface area (Å²) in [4.78, 5) is 0.0326. The van der Waals surface area contributed by atoms with Crippen LogP contribution in [0.3, 0.4) is 0 Å². The number of hydrogen-bond donors (Lipinski definition) is 1. The van der Waals surface area contributed by atoms with E-state index in [0.717, 1.165) is 5.56 Å². The topological polar surface area (TPSA) is 63.6 Å². The van der Waals surface area contributed by atoms with E-state index in [9.17, 15) is 13.5 Å². The molecule has 4 nitrogen and oxygen atoms in total. The molecule has 1 N–H and O–H groups in total. The number of aryl methyl sites for hydroxylation is 1. The Morgan fingerprint density at radius 3 is 2.56 bits per heavy atom. The summed E-state index contributed by atoms with van der Waals surface area (Å²) >= 11 is 0. The van der Waals surface area contributed by atoms with Crippen LogP contribution in [0, 0.1) is 31.1 Å². The number of terminal acetylenes is 1.